The van der Waals surface area contributed by atoms with Crippen LogP contribution in [0.2, 0.25) is 0 Å². The Morgan fingerprint density at radius 2 is 1.91 bits per heavy atom. The largest absolute Gasteiger partial charge is 0.296 e. The molecule has 0 aromatic carbocycles. The van der Waals surface area contributed by atoms with Crippen molar-refractivity contribution in [2.75, 3.05) is 0 Å². The molecule has 4 aliphatic carbocycles. The first-order valence-corrected chi connectivity index (χ1v) is 10.1. The Balaban J connectivity index is 1.70. The van der Waals surface area contributed by atoms with Crippen LogP contribution < -0.4 is 0 Å². The van der Waals surface area contributed by atoms with Crippen LogP contribution in [0, 0.1) is 28.6 Å². The summed E-state index contributed by atoms with van der Waals surface area (Å²) in [5.74, 6) is 1.39. The lowest BCUT2D eigenvalue weighted by Crippen LogP contribution is -2.50. The number of Topliss-reactive ketones (excluding diaryl/α,β-unsaturated/α-hetero) is 1. The molecule has 3 saturated carbocycles. The Morgan fingerprint density at radius 1 is 1.18 bits per heavy atom. The molecule has 4 aliphatic rings. The summed E-state index contributed by atoms with van der Waals surface area (Å²) in [6.45, 7) is 4.52. The summed E-state index contributed by atoms with van der Waals surface area (Å²) in [6.07, 6.45) is 8.72. The Hall–Kier alpha value is 0.0700. The molecule has 4 rings (SSSR count). The molecule has 0 heterocycles. The number of halogens is 2. The standard InChI is InChI=1S/C19H26FIO/c1-18-7-5-12(21)9-11(18)3-4-13-14(18)6-8-19(2)15(13)10-16(20)17(19)22/h3,12-16H,4-10H2,1-2H3/t12-,13+,14-,15-,16+,18-,19-/m0/s1. The van der Waals surface area contributed by atoms with Crippen molar-refractivity contribution in [3.8, 4) is 0 Å². The molecule has 0 aromatic heterocycles. The third-order valence-electron chi connectivity index (χ3n) is 7.74. The Labute approximate surface area is 146 Å². The van der Waals surface area contributed by atoms with Crippen LogP contribution in [0.5, 0.6) is 0 Å². The highest BCUT2D eigenvalue weighted by Gasteiger charge is 2.61. The van der Waals surface area contributed by atoms with Crippen LogP contribution in [0.1, 0.15) is 58.8 Å². The minimum Gasteiger partial charge on any atom is -0.296 e. The maximum atomic E-state index is 14.1. The molecule has 0 saturated heterocycles. The molecule has 7 atom stereocenters. The number of allylic oxidation sites excluding steroid dienone is 2. The van der Waals surface area contributed by atoms with Gasteiger partial charge in [0.05, 0.1) is 0 Å². The zero-order valence-corrected chi connectivity index (χ0v) is 15.7. The van der Waals surface area contributed by atoms with Gasteiger partial charge in [-0.3, -0.25) is 4.79 Å². The van der Waals surface area contributed by atoms with Gasteiger partial charge in [-0.2, -0.15) is 0 Å². The summed E-state index contributed by atoms with van der Waals surface area (Å²) in [5.41, 5.74) is 1.62. The van der Waals surface area contributed by atoms with Crippen LogP contribution in [-0.2, 0) is 4.79 Å². The zero-order chi connectivity index (χ0) is 15.7. The highest BCUT2D eigenvalue weighted by molar-refractivity contribution is 14.1. The second-order valence-corrected chi connectivity index (χ2v) is 10.4. The molecule has 0 N–H and O–H groups in total. The smallest absolute Gasteiger partial charge is 0.173 e. The fraction of sp³-hybridized carbons (Fsp3) is 0.842. The van der Waals surface area contributed by atoms with Gasteiger partial charge in [0.15, 0.2) is 12.0 Å². The third kappa shape index (κ3) is 1.96. The number of alkyl halides is 2. The number of hydrogen-bond acceptors (Lipinski definition) is 1. The first kappa shape index (κ1) is 15.6. The quantitative estimate of drug-likeness (QED) is 0.299. The summed E-state index contributed by atoms with van der Waals surface area (Å²) in [5, 5.41) is 0. The minimum absolute atomic E-state index is 0.0909. The van der Waals surface area contributed by atoms with E-state index in [1.54, 1.807) is 5.57 Å². The first-order chi connectivity index (χ1) is 10.4. The summed E-state index contributed by atoms with van der Waals surface area (Å²) >= 11 is 2.60. The highest BCUT2D eigenvalue weighted by atomic mass is 127. The maximum absolute atomic E-state index is 14.1. The number of carbonyl (C=O) groups excluding carboxylic acids is 1. The van der Waals surface area contributed by atoms with Gasteiger partial charge in [0.2, 0.25) is 0 Å². The Bertz CT molecular complexity index is 544. The SMILES string of the molecule is C[C@]12CC[C@H](I)CC1=CC[C@@H]1[C@@H]2CC[C@]2(C)C(=O)[C@H](F)C[C@@H]12. The number of ketones is 1. The van der Waals surface area contributed by atoms with Gasteiger partial charge in [0, 0.05) is 9.34 Å². The van der Waals surface area contributed by atoms with Crippen LogP contribution >= 0.6 is 22.6 Å². The molecule has 0 radical (unpaired) electrons. The van der Waals surface area contributed by atoms with E-state index < -0.39 is 6.17 Å². The van der Waals surface area contributed by atoms with Crippen LogP contribution in [0.3, 0.4) is 0 Å². The molecular formula is C19H26FIO. The average molecular weight is 416 g/mol. The summed E-state index contributed by atoms with van der Waals surface area (Å²) in [4.78, 5) is 12.3. The van der Waals surface area contributed by atoms with E-state index in [2.05, 4.69) is 42.5 Å². The highest BCUT2D eigenvalue weighted by Crippen LogP contribution is 2.64. The number of carbonyl (C=O) groups is 1. The van der Waals surface area contributed by atoms with E-state index in [-0.39, 0.29) is 17.1 Å². The lowest BCUT2D eigenvalue weighted by Gasteiger charge is -2.56. The molecule has 0 unspecified atom stereocenters. The van der Waals surface area contributed by atoms with Crippen molar-refractivity contribution in [1.29, 1.82) is 0 Å². The average Bonchev–Trinajstić information content (AvgIpc) is 2.72. The normalized spacial score (nSPS) is 54.3. The number of fused-ring (bicyclic) bond motifs is 5. The molecule has 0 aliphatic heterocycles. The van der Waals surface area contributed by atoms with E-state index in [0.717, 1.165) is 23.2 Å². The van der Waals surface area contributed by atoms with Crippen molar-refractivity contribution in [3.63, 3.8) is 0 Å². The van der Waals surface area contributed by atoms with Gasteiger partial charge in [0.1, 0.15) is 0 Å². The summed E-state index contributed by atoms with van der Waals surface area (Å²) in [7, 11) is 0. The topological polar surface area (TPSA) is 17.1 Å². The fourth-order valence-corrected chi connectivity index (χ4v) is 7.15. The van der Waals surface area contributed by atoms with Crippen molar-refractivity contribution < 1.29 is 9.18 Å². The lowest BCUT2D eigenvalue weighted by atomic mass is 9.48. The van der Waals surface area contributed by atoms with Crippen LogP contribution in [0.15, 0.2) is 11.6 Å². The van der Waals surface area contributed by atoms with Crippen molar-refractivity contribution in [2.24, 2.45) is 28.6 Å². The van der Waals surface area contributed by atoms with Crippen LogP contribution in [0.4, 0.5) is 4.39 Å². The van der Waals surface area contributed by atoms with Gasteiger partial charge < -0.3 is 0 Å². The molecule has 0 spiro atoms. The van der Waals surface area contributed by atoms with Crippen LogP contribution in [0.25, 0.3) is 0 Å². The van der Waals surface area contributed by atoms with Crippen molar-refractivity contribution in [1.82, 2.24) is 0 Å². The number of rotatable bonds is 0. The monoisotopic (exact) mass is 416 g/mol. The van der Waals surface area contributed by atoms with Gasteiger partial charge in [-0.25, -0.2) is 4.39 Å². The molecular weight excluding hydrogens is 390 g/mol. The van der Waals surface area contributed by atoms with Crippen LogP contribution in [-0.4, -0.2) is 15.9 Å². The first-order valence-electron chi connectivity index (χ1n) is 8.88. The van der Waals surface area contributed by atoms with E-state index in [1.807, 2.05) is 0 Å². The van der Waals surface area contributed by atoms with E-state index in [0.29, 0.717) is 23.7 Å². The van der Waals surface area contributed by atoms with Gasteiger partial charge >= 0.3 is 0 Å². The minimum atomic E-state index is -1.20. The molecule has 0 amide bonds. The molecule has 3 heteroatoms. The number of hydrogen-bond donors (Lipinski definition) is 0. The van der Waals surface area contributed by atoms with E-state index in [1.165, 1.54) is 19.3 Å². The molecule has 0 bridgehead atoms. The second kappa shape index (κ2) is 5.03. The molecule has 22 heavy (non-hydrogen) atoms. The van der Waals surface area contributed by atoms with Gasteiger partial charge in [0.25, 0.3) is 0 Å². The van der Waals surface area contributed by atoms with Crippen molar-refractivity contribution >= 4 is 28.4 Å². The predicted octanol–water partition coefficient (Wildman–Crippen LogP) is 5.27. The predicted molar refractivity (Wildman–Crippen MR) is 94.8 cm³/mol. The van der Waals surface area contributed by atoms with Gasteiger partial charge in [-0.1, -0.05) is 48.1 Å². The van der Waals surface area contributed by atoms with Crippen molar-refractivity contribution in [2.45, 2.75) is 68.9 Å². The van der Waals surface area contributed by atoms with Gasteiger partial charge in [-0.15, -0.1) is 0 Å². The van der Waals surface area contributed by atoms with E-state index in [4.69, 9.17) is 0 Å². The molecule has 3 fully saturated rings. The fourth-order valence-electron chi connectivity index (χ4n) is 6.37. The van der Waals surface area contributed by atoms with Crippen molar-refractivity contribution in [3.05, 3.63) is 11.6 Å². The van der Waals surface area contributed by atoms with E-state index >= 15 is 0 Å². The molecule has 1 nitrogen and oxygen atoms in total. The van der Waals surface area contributed by atoms with E-state index in [9.17, 15) is 9.18 Å². The Morgan fingerprint density at radius 3 is 2.68 bits per heavy atom. The lowest BCUT2D eigenvalue weighted by molar-refractivity contribution is -0.134. The summed E-state index contributed by atoms with van der Waals surface area (Å²) in [6, 6.07) is 0. The zero-order valence-electron chi connectivity index (χ0n) is 13.6. The second-order valence-electron chi connectivity index (χ2n) is 8.62. The summed E-state index contributed by atoms with van der Waals surface area (Å²) < 4.78 is 14.9. The maximum Gasteiger partial charge on any atom is 0.173 e. The van der Waals surface area contributed by atoms with Gasteiger partial charge in [-0.05, 0) is 68.1 Å². The molecule has 0 aromatic rings. The third-order valence-corrected chi connectivity index (χ3v) is 8.80. The Kier molecular flexibility index (Phi) is 3.57. The molecule has 122 valence electrons.